The maximum Gasteiger partial charge on any atom is 0.305 e. The van der Waals surface area contributed by atoms with Crippen molar-refractivity contribution in [3.63, 3.8) is 0 Å². The van der Waals surface area contributed by atoms with Crippen LogP contribution in [0.3, 0.4) is 0 Å². The number of carbonyl (C=O) groups is 1. The third-order valence-electron chi connectivity index (χ3n) is 3.09. The molecule has 1 rings (SSSR count). The number of hydrogen-bond acceptors (Lipinski definition) is 3. The molecule has 0 saturated carbocycles. The highest BCUT2D eigenvalue weighted by molar-refractivity contribution is 5.68. The second-order valence-electron chi connectivity index (χ2n) is 4.87. The quantitative estimate of drug-likeness (QED) is 0.615. The molecule has 0 aromatic heterocycles. The molecule has 0 amide bonds. The van der Waals surface area contributed by atoms with Crippen LogP contribution < -0.4 is 5.73 Å². The molecular weight excluding hydrogens is 250 g/mol. The van der Waals surface area contributed by atoms with Gasteiger partial charge in [0.05, 0.1) is 6.61 Å². The molecule has 0 aliphatic rings. The molecule has 1 atom stereocenters. The van der Waals surface area contributed by atoms with E-state index in [0.717, 1.165) is 5.69 Å². The van der Waals surface area contributed by atoms with Crippen LogP contribution in [0.4, 0.5) is 5.69 Å². The number of nitrogen functional groups attached to an aromatic ring is 1. The van der Waals surface area contributed by atoms with Crippen LogP contribution in [0.25, 0.3) is 0 Å². The molecule has 0 aliphatic heterocycles. The van der Waals surface area contributed by atoms with Gasteiger partial charge in [0, 0.05) is 12.1 Å². The van der Waals surface area contributed by atoms with Gasteiger partial charge in [-0.05, 0) is 37.0 Å². The number of nitrogens with two attached hydrogens (primary N) is 1. The summed E-state index contributed by atoms with van der Waals surface area (Å²) in [6.45, 7) is 8.58. The summed E-state index contributed by atoms with van der Waals surface area (Å²) < 4.78 is 4.55. The van der Waals surface area contributed by atoms with Crippen molar-refractivity contribution in [1.82, 2.24) is 0 Å². The Kier molecular flexibility index (Phi) is 10.5. The average molecular weight is 279 g/mol. The Labute approximate surface area is 123 Å². The minimum atomic E-state index is -0.123. The summed E-state index contributed by atoms with van der Waals surface area (Å²) in [4.78, 5) is 10.2. The van der Waals surface area contributed by atoms with Crippen molar-refractivity contribution in [2.24, 2.45) is 0 Å². The lowest BCUT2D eigenvalue weighted by molar-refractivity contribution is -0.142. The average Bonchev–Trinajstić information content (AvgIpc) is 2.46. The Morgan fingerprint density at radius 3 is 2.20 bits per heavy atom. The third-order valence-corrected chi connectivity index (χ3v) is 3.09. The fourth-order valence-electron chi connectivity index (χ4n) is 1.76. The minimum Gasteiger partial charge on any atom is -0.466 e. The van der Waals surface area contributed by atoms with Gasteiger partial charge in [0.2, 0.25) is 0 Å². The molecule has 0 radical (unpaired) electrons. The van der Waals surface area contributed by atoms with Gasteiger partial charge in [0.1, 0.15) is 0 Å². The molecule has 1 aromatic rings. The van der Waals surface area contributed by atoms with Gasteiger partial charge < -0.3 is 10.5 Å². The number of rotatable bonds is 6. The first-order chi connectivity index (χ1) is 9.54. The fraction of sp³-hybridized carbons (Fsp3) is 0.588. The molecule has 1 aromatic carbocycles. The van der Waals surface area contributed by atoms with E-state index in [1.165, 1.54) is 24.8 Å². The number of hydrogen-bond donors (Lipinski definition) is 1. The predicted octanol–water partition coefficient (Wildman–Crippen LogP) is 4.52. The van der Waals surface area contributed by atoms with E-state index >= 15 is 0 Å². The van der Waals surface area contributed by atoms with Crippen LogP contribution in [0, 0.1) is 0 Å². The Balaban J connectivity index is 0.000000441. The summed E-state index contributed by atoms with van der Waals surface area (Å²) in [6, 6.07) is 8.24. The number of ether oxygens (including phenoxy) is 1. The number of unbranched alkanes of at least 4 members (excludes halogenated alkanes) is 1. The predicted molar refractivity (Wildman–Crippen MR) is 85.7 cm³/mol. The molecule has 114 valence electrons. The van der Waals surface area contributed by atoms with Crippen LogP contribution >= 0.6 is 0 Å². The first-order valence-electron chi connectivity index (χ1n) is 7.56. The fourth-order valence-corrected chi connectivity index (χ4v) is 1.76. The van der Waals surface area contributed by atoms with Crippen LogP contribution in [0.5, 0.6) is 0 Å². The number of esters is 1. The van der Waals surface area contributed by atoms with E-state index in [1.54, 1.807) is 13.8 Å². The number of benzene rings is 1. The van der Waals surface area contributed by atoms with Gasteiger partial charge in [-0.25, -0.2) is 0 Å². The molecule has 20 heavy (non-hydrogen) atoms. The van der Waals surface area contributed by atoms with Crippen molar-refractivity contribution in [2.75, 3.05) is 12.3 Å². The Hall–Kier alpha value is -1.51. The molecule has 2 N–H and O–H groups in total. The highest BCUT2D eigenvalue weighted by atomic mass is 16.5. The number of anilines is 1. The van der Waals surface area contributed by atoms with E-state index in [2.05, 4.69) is 30.7 Å². The maximum absolute atomic E-state index is 10.2. The summed E-state index contributed by atoms with van der Waals surface area (Å²) >= 11 is 0. The van der Waals surface area contributed by atoms with Crippen molar-refractivity contribution in [3.8, 4) is 0 Å². The molecule has 0 spiro atoms. The third kappa shape index (κ3) is 8.57. The topological polar surface area (TPSA) is 52.3 Å². The van der Waals surface area contributed by atoms with Crippen LogP contribution in [-0.2, 0) is 9.53 Å². The van der Waals surface area contributed by atoms with E-state index in [0.29, 0.717) is 18.9 Å². The van der Waals surface area contributed by atoms with Crippen molar-refractivity contribution in [1.29, 1.82) is 0 Å². The molecule has 0 saturated heterocycles. The van der Waals surface area contributed by atoms with Crippen LogP contribution in [0.2, 0.25) is 0 Å². The highest BCUT2D eigenvalue weighted by Crippen LogP contribution is 2.21. The second-order valence-corrected chi connectivity index (χ2v) is 4.87. The van der Waals surface area contributed by atoms with Crippen molar-refractivity contribution in [2.45, 2.75) is 59.3 Å². The maximum atomic E-state index is 10.2. The Bertz CT molecular complexity index is 360. The van der Waals surface area contributed by atoms with E-state index < -0.39 is 0 Å². The molecule has 0 bridgehead atoms. The molecular formula is C17H29NO2. The molecule has 1 unspecified atom stereocenters. The second kappa shape index (κ2) is 11.3. The SMILES string of the molecule is CCCCC(C)c1ccc(N)cc1.CCOC(=O)CC. The zero-order valence-electron chi connectivity index (χ0n) is 13.3. The van der Waals surface area contributed by atoms with Crippen LogP contribution in [-0.4, -0.2) is 12.6 Å². The molecule has 0 aliphatic carbocycles. The smallest absolute Gasteiger partial charge is 0.305 e. The highest BCUT2D eigenvalue weighted by Gasteiger charge is 2.03. The first kappa shape index (κ1) is 18.5. The van der Waals surface area contributed by atoms with Gasteiger partial charge in [0.15, 0.2) is 0 Å². The standard InChI is InChI=1S/C12H19N.C5H10O2/c1-3-4-5-10(2)11-6-8-12(13)9-7-11;1-3-5(6)7-4-2/h6-10H,3-5,13H2,1-2H3;3-4H2,1-2H3. The van der Waals surface area contributed by atoms with Gasteiger partial charge in [-0.1, -0.05) is 45.7 Å². The molecule has 3 nitrogen and oxygen atoms in total. The minimum absolute atomic E-state index is 0.123. The van der Waals surface area contributed by atoms with Gasteiger partial charge in [-0.2, -0.15) is 0 Å². The van der Waals surface area contributed by atoms with Gasteiger partial charge >= 0.3 is 5.97 Å². The van der Waals surface area contributed by atoms with Gasteiger partial charge in [-0.15, -0.1) is 0 Å². The van der Waals surface area contributed by atoms with E-state index in [1.807, 2.05) is 12.1 Å². The lowest BCUT2D eigenvalue weighted by Gasteiger charge is -2.10. The zero-order valence-corrected chi connectivity index (χ0v) is 13.3. The zero-order chi connectivity index (χ0) is 15.4. The lowest BCUT2D eigenvalue weighted by atomic mass is 9.95. The summed E-state index contributed by atoms with van der Waals surface area (Å²) in [7, 11) is 0. The summed E-state index contributed by atoms with van der Waals surface area (Å²) in [5.74, 6) is 0.544. The van der Waals surface area contributed by atoms with Crippen molar-refractivity contribution >= 4 is 11.7 Å². The Morgan fingerprint density at radius 2 is 1.80 bits per heavy atom. The molecule has 0 fully saturated rings. The van der Waals surface area contributed by atoms with Crippen molar-refractivity contribution in [3.05, 3.63) is 29.8 Å². The van der Waals surface area contributed by atoms with Crippen LogP contribution in [0.1, 0.15) is 64.9 Å². The van der Waals surface area contributed by atoms with Gasteiger partial charge in [-0.3, -0.25) is 4.79 Å². The van der Waals surface area contributed by atoms with E-state index in [-0.39, 0.29) is 5.97 Å². The van der Waals surface area contributed by atoms with Crippen molar-refractivity contribution < 1.29 is 9.53 Å². The lowest BCUT2D eigenvalue weighted by Crippen LogP contribution is -2.00. The number of carbonyl (C=O) groups excluding carboxylic acids is 1. The monoisotopic (exact) mass is 279 g/mol. The van der Waals surface area contributed by atoms with E-state index in [9.17, 15) is 4.79 Å². The summed E-state index contributed by atoms with van der Waals surface area (Å²) in [5, 5.41) is 0. The summed E-state index contributed by atoms with van der Waals surface area (Å²) in [5.41, 5.74) is 7.89. The molecule has 3 heteroatoms. The normalized spacial score (nSPS) is 11.2. The summed E-state index contributed by atoms with van der Waals surface area (Å²) in [6.07, 6.45) is 4.35. The first-order valence-corrected chi connectivity index (χ1v) is 7.56. The Morgan fingerprint density at radius 1 is 1.20 bits per heavy atom. The largest absolute Gasteiger partial charge is 0.466 e. The van der Waals surface area contributed by atoms with Gasteiger partial charge in [0.25, 0.3) is 0 Å². The van der Waals surface area contributed by atoms with E-state index in [4.69, 9.17) is 5.73 Å². The van der Waals surface area contributed by atoms with Crippen LogP contribution in [0.15, 0.2) is 24.3 Å². The molecule has 0 heterocycles.